The summed E-state index contributed by atoms with van der Waals surface area (Å²) in [5, 5.41) is 13.3. The molecule has 3 nitrogen and oxygen atoms in total. The summed E-state index contributed by atoms with van der Waals surface area (Å²) < 4.78 is 0. The van der Waals surface area contributed by atoms with Crippen molar-refractivity contribution in [3.63, 3.8) is 0 Å². The predicted molar refractivity (Wildman–Crippen MR) is 59.4 cm³/mol. The van der Waals surface area contributed by atoms with E-state index >= 15 is 0 Å². The van der Waals surface area contributed by atoms with Crippen molar-refractivity contribution in [2.45, 2.75) is 31.9 Å². The molecule has 1 heterocycles. The van der Waals surface area contributed by atoms with Crippen LogP contribution in [0.5, 0.6) is 0 Å². The summed E-state index contributed by atoms with van der Waals surface area (Å²) in [5.41, 5.74) is 0.931. The van der Waals surface area contributed by atoms with Gasteiger partial charge in [-0.25, -0.2) is 0 Å². The molecule has 0 amide bonds. The highest BCUT2D eigenvalue weighted by Crippen LogP contribution is 2.32. The minimum absolute atomic E-state index is 0.422. The summed E-state index contributed by atoms with van der Waals surface area (Å²) in [5.74, 6) is 0.828. The van der Waals surface area contributed by atoms with Gasteiger partial charge in [-0.2, -0.15) is 0 Å². The van der Waals surface area contributed by atoms with Gasteiger partial charge in [0.15, 0.2) is 0 Å². The fraction of sp³-hybridized carbons (Fsp3) is 0.583. The number of rotatable bonds is 5. The zero-order chi connectivity index (χ0) is 10.7. The predicted octanol–water partition coefficient (Wildman–Crippen LogP) is 1.50. The smallest absolute Gasteiger partial charge is 0.0915 e. The third-order valence-corrected chi connectivity index (χ3v) is 3.05. The maximum atomic E-state index is 9.88. The van der Waals surface area contributed by atoms with Crippen LogP contribution in [0.3, 0.4) is 0 Å². The molecule has 1 aromatic heterocycles. The van der Waals surface area contributed by atoms with Crippen LogP contribution in [0.25, 0.3) is 0 Å². The first-order valence-corrected chi connectivity index (χ1v) is 5.58. The molecule has 2 rings (SSSR count). The summed E-state index contributed by atoms with van der Waals surface area (Å²) in [6.07, 6.45) is 5.67. The number of nitrogens with zero attached hydrogens (tertiary/aromatic N) is 1. The molecule has 1 aliphatic carbocycles. The molecule has 0 saturated heterocycles. The van der Waals surface area contributed by atoms with Crippen LogP contribution in [0.1, 0.15) is 31.4 Å². The second-order valence-electron chi connectivity index (χ2n) is 4.33. The Bertz CT molecular complexity index is 298. The van der Waals surface area contributed by atoms with Gasteiger partial charge in [0.25, 0.3) is 0 Å². The Hall–Kier alpha value is -0.930. The van der Waals surface area contributed by atoms with Gasteiger partial charge in [0.2, 0.25) is 0 Å². The average Bonchev–Trinajstić information content (AvgIpc) is 3.10. The quantitative estimate of drug-likeness (QED) is 0.767. The lowest BCUT2D eigenvalue weighted by molar-refractivity contribution is 0.169. The number of hydrogen-bond donors (Lipinski definition) is 2. The SMILES string of the molecule is CC(NCC(O)c1ccncc1)C1CC1. The molecule has 2 atom stereocenters. The molecule has 1 fully saturated rings. The van der Waals surface area contributed by atoms with Crippen molar-refractivity contribution in [1.29, 1.82) is 0 Å². The van der Waals surface area contributed by atoms with Gasteiger partial charge in [0.05, 0.1) is 6.10 Å². The molecule has 82 valence electrons. The Balaban J connectivity index is 1.79. The minimum Gasteiger partial charge on any atom is -0.387 e. The molecule has 3 heteroatoms. The molecule has 0 radical (unpaired) electrons. The fourth-order valence-electron chi connectivity index (χ4n) is 1.76. The van der Waals surface area contributed by atoms with E-state index in [1.807, 2.05) is 12.1 Å². The van der Waals surface area contributed by atoms with E-state index in [0.29, 0.717) is 12.6 Å². The maximum Gasteiger partial charge on any atom is 0.0915 e. The topological polar surface area (TPSA) is 45.1 Å². The van der Waals surface area contributed by atoms with Gasteiger partial charge in [-0.3, -0.25) is 4.98 Å². The number of nitrogens with one attached hydrogen (secondary N) is 1. The minimum atomic E-state index is -0.422. The van der Waals surface area contributed by atoms with Gasteiger partial charge in [0.1, 0.15) is 0 Å². The van der Waals surface area contributed by atoms with Crippen LogP contribution < -0.4 is 5.32 Å². The summed E-state index contributed by atoms with van der Waals surface area (Å²) in [6.45, 7) is 2.82. The monoisotopic (exact) mass is 206 g/mol. The molecular formula is C12H18N2O. The molecule has 1 saturated carbocycles. The maximum absolute atomic E-state index is 9.88. The number of aliphatic hydroxyl groups is 1. The third-order valence-electron chi connectivity index (χ3n) is 3.05. The van der Waals surface area contributed by atoms with Gasteiger partial charge in [0, 0.05) is 25.0 Å². The molecule has 0 aromatic carbocycles. The normalized spacial score (nSPS) is 19.9. The molecular weight excluding hydrogens is 188 g/mol. The second kappa shape index (κ2) is 4.73. The van der Waals surface area contributed by atoms with Crippen molar-refractivity contribution in [2.75, 3.05) is 6.54 Å². The van der Waals surface area contributed by atoms with Crippen molar-refractivity contribution < 1.29 is 5.11 Å². The highest BCUT2D eigenvalue weighted by Gasteiger charge is 2.27. The molecule has 0 bridgehead atoms. The molecule has 2 unspecified atom stereocenters. The van der Waals surface area contributed by atoms with Crippen LogP contribution >= 0.6 is 0 Å². The number of pyridine rings is 1. The van der Waals surface area contributed by atoms with E-state index < -0.39 is 6.10 Å². The van der Waals surface area contributed by atoms with Crippen LogP contribution in [-0.4, -0.2) is 22.7 Å². The molecule has 1 aliphatic rings. The average molecular weight is 206 g/mol. The Morgan fingerprint density at radius 1 is 1.47 bits per heavy atom. The van der Waals surface area contributed by atoms with Crippen LogP contribution in [0.15, 0.2) is 24.5 Å². The standard InChI is InChI=1S/C12H18N2O/c1-9(10-2-3-10)14-8-12(15)11-4-6-13-7-5-11/h4-7,9-10,12,14-15H,2-3,8H2,1H3. The summed E-state index contributed by atoms with van der Waals surface area (Å²) in [7, 11) is 0. The van der Waals surface area contributed by atoms with Crippen molar-refractivity contribution in [1.82, 2.24) is 10.3 Å². The highest BCUT2D eigenvalue weighted by atomic mass is 16.3. The number of aliphatic hydroxyl groups excluding tert-OH is 1. The largest absolute Gasteiger partial charge is 0.387 e. The lowest BCUT2D eigenvalue weighted by Crippen LogP contribution is -2.31. The first kappa shape index (κ1) is 10.6. The van der Waals surface area contributed by atoms with Gasteiger partial charge >= 0.3 is 0 Å². The van der Waals surface area contributed by atoms with Crippen LogP contribution in [0, 0.1) is 5.92 Å². The number of aromatic nitrogens is 1. The van der Waals surface area contributed by atoms with Gasteiger partial charge in [-0.05, 0) is 43.4 Å². The lowest BCUT2D eigenvalue weighted by atomic mass is 10.1. The summed E-state index contributed by atoms with van der Waals surface area (Å²) in [4.78, 5) is 3.93. The fourth-order valence-corrected chi connectivity index (χ4v) is 1.76. The first-order chi connectivity index (χ1) is 7.27. The first-order valence-electron chi connectivity index (χ1n) is 5.58. The number of hydrogen-bond acceptors (Lipinski definition) is 3. The van der Waals surface area contributed by atoms with Gasteiger partial charge < -0.3 is 10.4 Å². The second-order valence-corrected chi connectivity index (χ2v) is 4.33. The Morgan fingerprint density at radius 2 is 2.13 bits per heavy atom. The summed E-state index contributed by atoms with van der Waals surface area (Å²) >= 11 is 0. The zero-order valence-electron chi connectivity index (χ0n) is 9.06. The Morgan fingerprint density at radius 3 is 2.73 bits per heavy atom. The molecule has 0 aliphatic heterocycles. The summed E-state index contributed by atoms with van der Waals surface area (Å²) in [6, 6.07) is 4.24. The van der Waals surface area contributed by atoms with Crippen molar-refractivity contribution >= 4 is 0 Å². The van der Waals surface area contributed by atoms with E-state index in [2.05, 4.69) is 17.2 Å². The van der Waals surface area contributed by atoms with E-state index in [1.54, 1.807) is 12.4 Å². The van der Waals surface area contributed by atoms with Crippen LogP contribution in [0.4, 0.5) is 0 Å². The molecule has 1 aromatic rings. The van der Waals surface area contributed by atoms with Crippen molar-refractivity contribution in [3.8, 4) is 0 Å². The van der Waals surface area contributed by atoms with E-state index in [0.717, 1.165) is 11.5 Å². The van der Waals surface area contributed by atoms with Crippen LogP contribution in [-0.2, 0) is 0 Å². The van der Waals surface area contributed by atoms with E-state index in [1.165, 1.54) is 12.8 Å². The van der Waals surface area contributed by atoms with Gasteiger partial charge in [-0.15, -0.1) is 0 Å². The molecule has 2 N–H and O–H groups in total. The zero-order valence-corrected chi connectivity index (χ0v) is 9.06. The van der Waals surface area contributed by atoms with Crippen molar-refractivity contribution in [2.24, 2.45) is 5.92 Å². The third kappa shape index (κ3) is 3.01. The molecule has 0 spiro atoms. The van der Waals surface area contributed by atoms with E-state index in [9.17, 15) is 5.11 Å². The van der Waals surface area contributed by atoms with E-state index in [4.69, 9.17) is 0 Å². The Kier molecular flexibility index (Phi) is 3.34. The van der Waals surface area contributed by atoms with Crippen molar-refractivity contribution in [3.05, 3.63) is 30.1 Å². The van der Waals surface area contributed by atoms with E-state index in [-0.39, 0.29) is 0 Å². The highest BCUT2D eigenvalue weighted by molar-refractivity contribution is 5.13. The van der Waals surface area contributed by atoms with Gasteiger partial charge in [-0.1, -0.05) is 0 Å². The Labute approximate surface area is 90.5 Å². The lowest BCUT2D eigenvalue weighted by Gasteiger charge is -2.16. The van der Waals surface area contributed by atoms with Crippen LogP contribution in [0.2, 0.25) is 0 Å². The molecule has 15 heavy (non-hydrogen) atoms.